The Bertz CT molecular complexity index is 403. The summed E-state index contributed by atoms with van der Waals surface area (Å²) in [5.41, 5.74) is 2.67. The molecule has 1 aromatic carbocycles. The highest BCUT2D eigenvalue weighted by molar-refractivity contribution is 5.40. The maximum absolute atomic E-state index is 9.54. The minimum Gasteiger partial charge on any atom is -0.508 e. The molecule has 3 nitrogen and oxygen atoms in total. The second-order valence-electron chi connectivity index (χ2n) is 5.26. The Morgan fingerprint density at radius 2 is 2.22 bits per heavy atom. The quantitative estimate of drug-likeness (QED) is 0.871. The molecule has 0 saturated carbocycles. The fourth-order valence-electron chi connectivity index (χ4n) is 2.90. The Morgan fingerprint density at radius 3 is 2.89 bits per heavy atom. The Morgan fingerprint density at radius 1 is 1.44 bits per heavy atom. The van der Waals surface area contributed by atoms with Gasteiger partial charge in [-0.15, -0.1) is 0 Å². The van der Waals surface area contributed by atoms with Crippen LogP contribution in [0.3, 0.4) is 0 Å². The number of phenolic OH excluding ortho intramolecular Hbond substituents is 1. The highest BCUT2D eigenvalue weighted by Crippen LogP contribution is 2.38. The molecule has 0 amide bonds. The van der Waals surface area contributed by atoms with Crippen LogP contribution in [0.1, 0.15) is 37.4 Å². The standard InChI is InChI=1S/C15H23NO2/c1-11(2)16(8-9-18-3)15-7-4-12-10-13(17)5-6-14(12)15/h5-6,10-11,15,17H,4,7-9H2,1-3H3. The molecule has 0 aliphatic heterocycles. The van der Waals surface area contributed by atoms with Gasteiger partial charge in [0.15, 0.2) is 0 Å². The van der Waals surface area contributed by atoms with Crippen LogP contribution in [0.15, 0.2) is 18.2 Å². The van der Waals surface area contributed by atoms with Crippen molar-refractivity contribution in [3.63, 3.8) is 0 Å². The van der Waals surface area contributed by atoms with E-state index >= 15 is 0 Å². The summed E-state index contributed by atoms with van der Waals surface area (Å²) in [6, 6.07) is 6.75. The van der Waals surface area contributed by atoms with Crippen LogP contribution in [0.25, 0.3) is 0 Å². The van der Waals surface area contributed by atoms with E-state index in [1.165, 1.54) is 11.1 Å². The molecule has 0 radical (unpaired) electrons. The van der Waals surface area contributed by atoms with Gasteiger partial charge in [0.05, 0.1) is 6.61 Å². The van der Waals surface area contributed by atoms with Gasteiger partial charge >= 0.3 is 0 Å². The zero-order valence-electron chi connectivity index (χ0n) is 11.5. The van der Waals surface area contributed by atoms with E-state index in [2.05, 4.69) is 24.8 Å². The van der Waals surface area contributed by atoms with Crippen molar-refractivity contribution in [2.24, 2.45) is 0 Å². The molecule has 0 aromatic heterocycles. The van der Waals surface area contributed by atoms with Crippen LogP contribution in [0.5, 0.6) is 5.75 Å². The molecular formula is C15H23NO2. The van der Waals surface area contributed by atoms with Crippen molar-refractivity contribution >= 4 is 0 Å². The van der Waals surface area contributed by atoms with Crippen LogP contribution in [0.4, 0.5) is 0 Å². The molecule has 0 bridgehead atoms. The third kappa shape index (κ3) is 2.68. The van der Waals surface area contributed by atoms with Crippen molar-refractivity contribution in [1.29, 1.82) is 0 Å². The molecule has 2 rings (SSSR count). The van der Waals surface area contributed by atoms with Gasteiger partial charge in [-0.1, -0.05) is 6.07 Å². The lowest BCUT2D eigenvalue weighted by Gasteiger charge is -2.33. The van der Waals surface area contributed by atoms with Crippen LogP contribution in [-0.2, 0) is 11.2 Å². The van der Waals surface area contributed by atoms with Gasteiger partial charge in [-0.3, -0.25) is 4.90 Å². The number of aromatic hydroxyl groups is 1. The number of nitrogens with zero attached hydrogens (tertiary/aromatic N) is 1. The summed E-state index contributed by atoms with van der Waals surface area (Å²) in [5, 5.41) is 9.54. The average molecular weight is 249 g/mol. The summed E-state index contributed by atoms with van der Waals surface area (Å²) in [6.45, 7) is 6.18. The van der Waals surface area contributed by atoms with Crippen LogP contribution >= 0.6 is 0 Å². The maximum atomic E-state index is 9.54. The molecular weight excluding hydrogens is 226 g/mol. The lowest BCUT2D eigenvalue weighted by molar-refractivity contribution is 0.0955. The number of hydrogen-bond acceptors (Lipinski definition) is 3. The lowest BCUT2D eigenvalue weighted by Crippen LogP contribution is -2.36. The van der Waals surface area contributed by atoms with E-state index in [0.29, 0.717) is 17.8 Å². The van der Waals surface area contributed by atoms with E-state index in [0.717, 1.165) is 26.0 Å². The number of ether oxygens (including phenoxy) is 1. The minimum atomic E-state index is 0.377. The zero-order chi connectivity index (χ0) is 13.1. The van der Waals surface area contributed by atoms with Gasteiger partial charge in [0.25, 0.3) is 0 Å². The van der Waals surface area contributed by atoms with Crippen molar-refractivity contribution < 1.29 is 9.84 Å². The van der Waals surface area contributed by atoms with Crippen molar-refractivity contribution in [2.75, 3.05) is 20.3 Å². The Labute approximate surface area is 109 Å². The molecule has 1 N–H and O–H groups in total. The first-order valence-electron chi connectivity index (χ1n) is 6.70. The largest absolute Gasteiger partial charge is 0.508 e. The zero-order valence-corrected chi connectivity index (χ0v) is 11.5. The summed E-state index contributed by atoms with van der Waals surface area (Å²) >= 11 is 0. The number of methoxy groups -OCH3 is 1. The summed E-state index contributed by atoms with van der Waals surface area (Å²) in [4.78, 5) is 2.49. The highest BCUT2D eigenvalue weighted by atomic mass is 16.5. The molecule has 1 aliphatic carbocycles. The van der Waals surface area contributed by atoms with Crippen LogP contribution in [-0.4, -0.2) is 36.3 Å². The predicted molar refractivity (Wildman–Crippen MR) is 72.9 cm³/mol. The van der Waals surface area contributed by atoms with Gasteiger partial charge in [-0.2, -0.15) is 0 Å². The summed E-state index contributed by atoms with van der Waals surface area (Å²) in [5.74, 6) is 0.377. The second kappa shape index (κ2) is 5.72. The van der Waals surface area contributed by atoms with E-state index in [4.69, 9.17) is 4.74 Å². The Balaban J connectivity index is 2.19. The molecule has 0 spiro atoms. The molecule has 1 aliphatic rings. The van der Waals surface area contributed by atoms with Gasteiger partial charge in [0.2, 0.25) is 0 Å². The first-order chi connectivity index (χ1) is 8.63. The number of benzene rings is 1. The first kappa shape index (κ1) is 13.4. The van der Waals surface area contributed by atoms with E-state index in [1.54, 1.807) is 13.2 Å². The van der Waals surface area contributed by atoms with Crippen LogP contribution in [0.2, 0.25) is 0 Å². The smallest absolute Gasteiger partial charge is 0.115 e. The third-order valence-electron chi connectivity index (χ3n) is 3.79. The highest BCUT2D eigenvalue weighted by Gasteiger charge is 2.29. The predicted octanol–water partition coefficient (Wildman–Crippen LogP) is 2.74. The number of fused-ring (bicyclic) bond motifs is 1. The number of aryl methyl sites for hydroxylation is 1. The molecule has 0 heterocycles. The van der Waals surface area contributed by atoms with Gasteiger partial charge in [-0.25, -0.2) is 0 Å². The van der Waals surface area contributed by atoms with Gasteiger partial charge in [0.1, 0.15) is 5.75 Å². The molecule has 0 saturated heterocycles. The van der Waals surface area contributed by atoms with Crippen molar-refractivity contribution in [1.82, 2.24) is 4.90 Å². The SMILES string of the molecule is COCCN(C(C)C)C1CCc2cc(O)ccc21. The monoisotopic (exact) mass is 249 g/mol. The molecule has 100 valence electrons. The third-order valence-corrected chi connectivity index (χ3v) is 3.79. The average Bonchev–Trinajstić information content (AvgIpc) is 2.72. The molecule has 0 fully saturated rings. The Kier molecular flexibility index (Phi) is 4.25. The number of rotatable bonds is 5. The van der Waals surface area contributed by atoms with E-state index in [9.17, 15) is 5.11 Å². The van der Waals surface area contributed by atoms with Crippen LogP contribution < -0.4 is 0 Å². The maximum Gasteiger partial charge on any atom is 0.115 e. The number of hydrogen-bond donors (Lipinski definition) is 1. The first-order valence-corrected chi connectivity index (χ1v) is 6.70. The number of phenols is 1. The van der Waals surface area contributed by atoms with Gasteiger partial charge in [-0.05, 0) is 49.9 Å². The molecule has 1 atom stereocenters. The van der Waals surface area contributed by atoms with Gasteiger partial charge < -0.3 is 9.84 Å². The van der Waals surface area contributed by atoms with E-state index < -0.39 is 0 Å². The molecule has 3 heteroatoms. The summed E-state index contributed by atoms with van der Waals surface area (Å²) in [7, 11) is 1.75. The fourth-order valence-corrected chi connectivity index (χ4v) is 2.90. The lowest BCUT2D eigenvalue weighted by atomic mass is 10.1. The fraction of sp³-hybridized carbons (Fsp3) is 0.600. The second-order valence-corrected chi connectivity index (χ2v) is 5.26. The topological polar surface area (TPSA) is 32.7 Å². The molecule has 18 heavy (non-hydrogen) atoms. The summed E-state index contributed by atoms with van der Waals surface area (Å²) in [6.07, 6.45) is 2.20. The molecule has 1 aromatic rings. The molecule has 1 unspecified atom stereocenters. The van der Waals surface area contributed by atoms with E-state index in [1.807, 2.05) is 6.07 Å². The minimum absolute atomic E-state index is 0.377. The van der Waals surface area contributed by atoms with Gasteiger partial charge in [0, 0.05) is 25.7 Å². The van der Waals surface area contributed by atoms with Crippen molar-refractivity contribution in [2.45, 2.75) is 38.8 Å². The normalized spacial score (nSPS) is 18.6. The van der Waals surface area contributed by atoms with E-state index in [-0.39, 0.29) is 0 Å². The summed E-state index contributed by atoms with van der Waals surface area (Å²) < 4.78 is 5.21. The Hall–Kier alpha value is -1.06. The van der Waals surface area contributed by atoms with Crippen molar-refractivity contribution in [3.8, 4) is 5.75 Å². The van der Waals surface area contributed by atoms with Crippen LogP contribution in [0, 0.1) is 0 Å². The van der Waals surface area contributed by atoms with Crippen molar-refractivity contribution in [3.05, 3.63) is 29.3 Å².